The van der Waals surface area contributed by atoms with Crippen molar-refractivity contribution in [1.29, 1.82) is 0 Å². The average molecular weight is 217 g/mol. The molecule has 1 aromatic heterocycles. The van der Waals surface area contributed by atoms with E-state index in [0.717, 1.165) is 30.7 Å². The SMILES string of the molecule is CCCCc1nc2cccc(C(C)=O)c2o1. The normalized spacial score (nSPS) is 10.9. The van der Waals surface area contributed by atoms with Crippen molar-refractivity contribution >= 4 is 16.9 Å². The number of carbonyl (C=O) groups excluding carboxylic acids is 1. The summed E-state index contributed by atoms with van der Waals surface area (Å²) in [6.45, 7) is 3.67. The van der Waals surface area contributed by atoms with E-state index in [1.54, 1.807) is 13.0 Å². The lowest BCUT2D eigenvalue weighted by Gasteiger charge is -1.94. The predicted octanol–water partition coefficient (Wildman–Crippen LogP) is 3.37. The van der Waals surface area contributed by atoms with Crippen molar-refractivity contribution in [2.24, 2.45) is 0 Å². The van der Waals surface area contributed by atoms with Gasteiger partial charge in [0.25, 0.3) is 0 Å². The second kappa shape index (κ2) is 4.47. The van der Waals surface area contributed by atoms with Crippen LogP contribution in [0.25, 0.3) is 11.1 Å². The molecule has 1 aromatic carbocycles. The first-order valence-electron chi connectivity index (χ1n) is 5.61. The number of ketones is 1. The first-order valence-corrected chi connectivity index (χ1v) is 5.61. The zero-order valence-corrected chi connectivity index (χ0v) is 9.62. The molecule has 0 aliphatic rings. The minimum atomic E-state index is 0.0174. The van der Waals surface area contributed by atoms with E-state index < -0.39 is 0 Å². The standard InChI is InChI=1S/C13H15NO2/c1-3-4-8-12-14-11-7-5-6-10(9(2)15)13(11)16-12/h5-7H,3-4,8H2,1-2H3. The highest BCUT2D eigenvalue weighted by molar-refractivity contribution is 6.03. The maximum atomic E-state index is 11.4. The molecule has 3 heteroatoms. The fourth-order valence-electron chi connectivity index (χ4n) is 1.71. The zero-order chi connectivity index (χ0) is 11.5. The van der Waals surface area contributed by atoms with Gasteiger partial charge in [-0.15, -0.1) is 0 Å². The third-order valence-electron chi connectivity index (χ3n) is 2.58. The maximum Gasteiger partial charge on any atom is 0.195 e. The third-order valence-corrected chi connectivity index (χ3v) is 2.58. The van der Waals surface area contributed by atoms with Crippen LogP contribution in [-0.2, 0) is 6.42 Å². The Morgan fingerprint density at radius 3 is 2.94 bits per heavy atom. The Labute approximate surface area is 94.5 Å². The Morgan fingerprint density at radius 2 is 2.25 bits per heavy atom. The minimum absolute atomic E-state index is 0.0174. The van der Waals surface area contributed by atoms with Crippen LogP contribution >= 0.6 is 0 Å². The largest absolute Gasteiger partial charge is 0.440 e. The third kappa shape index (κ3) is 1.98. The summed E-state index contributed by atoms with van der Waals surface area (Å²) in [5.41, 5.74) is 2.02. The quantitative estimate of drug-likeness (QED) is 0.737. The summed E-state index contributed by atoms with van der Waals surface area (Å²) in [5.74, 6) is 0.745. The molecule has 0 atom stereocenters. The molecule has 0 N–H and O–H groups in total. The molecular formula is C13H15NO2. The van der Waals surface area contributed by atoms with Gasteiger partial charge in [0.2, 0.25) is 0 Å². The van der Waals surface area contributed by atoms with Crippen LogP contribution in [0.15, 0.2) is 22.6 Å². The summed E-state index contributed by atoms with van der Waals surface area (Å²) in [4.78, 5) is 15.8. The van der Waals surface area contributed by atoms with Gasteiger partial charge in [0.1, 0.15) is 5.52 Å². The van der Waals surface area contributed by atoms with Crippen LogP contribution in [0.4, 0.5) is 0 Å². The van der Waals surface area contributed by atoms with E-state index in [1.165, 1.54) is 0 Å². The molecule has 2 rings (SSSR count). The molecule has 0 aliphatic heterocycles. The van der Waals surface area contributed by atoms with E-state index in [9.17, 15) is 4.79 Å². The van der Waals surface area contributed by atoms with Gasteiger partial charge in [-0.1, -0.05) is 19.4 Å². The van der Waals surface area contributed by atoms with Crippen LogP contribution in [0.5, 0.6) is 0 Å². The van der Waals surface area contributed by atoms with Crippen LogP contribution in [0.1, 0.15) is 42.9 Å². The van der Waals surface area contributed by atoms with Gasteiger partial charge in [-0.25, -0.2) is 4.98 Å². The molecule has 0 saturated heterocycles. The number of oxazole rings is 1. The van der Waals surface area contributed by atoms with E-state index in [-0.39, 0.29) is 5.78 Å². The van der Waals surface area contributed by atoms with Crippen molar-refractivity contribution in [3.8, 4) is 0 Å². The lowest BCUT2D eigenvalue weighted by Crippen LogP contribution is -1.91. The molecule has 0 bridgehead atoms. The van der Waals surface area contributed by atoms with Gasteiger partial charge in [0.05, 0.1) is 5.56 Å². The molecule has 0 fully saturated rings. The maximum absolute atomic E-state index is 11.4. The van der Waals surface area contributed by atoms with Crippen LogP contribution < -0.4 is 0 Å². The molecule has 2 aromatic rings. The van der Waals surface area contributed by atoms with Gasteiger partial charge in [0, 0.05) is 6.42 Å². The first-order chi connectivity index (χ1) is 7.72. The number of para-hydroxylation sites is 1. The van der Waals surface area contributed by atoms with Crippen LogP contribution in [0.2, 0.25) is 0 Å². The number of aromatic nitrogens is 1. The summed E-state index contributed by atoms with van der Waals surface area (Å²) >= 11 is 0. The van der Waals surface area contributed by atoms with Gasteiger partial charge in [-0.3, -0.25) is 4.79 Å². The number of fused-ring (bicyclic) bond motifs is 1. The number of Topliss-reactive ketones (excluding diaryl/α,β-unsaturated/α-hetero) is 1. The van der Waals surface area contributed by atoms with Crippen LogP contribution in [0, 0.1) is 0 Å². The topological polar surface area (TPSA) is 43.1 Å². The van der Waals surface area contributed by atoms with E-state index >= 15 is 0 Å². The minimum Gasteiger partial charge on any atom is -0.440 e. The fourth-order valence-corrected chi connectivity index (χ4v) is 1.71. The highest BCUT2D eigenvalue weighted by Gasteiger charge is 2.11. The van der Waals surface area contributed by atoms with Crippen LogP contribution in [-0.4, -0.2) is 10.8 Å². The summed E-state index contributed by atoms with van der Waals surface area (Å²) in [6.07, 6.45) is 3.00. The summed E-state index contributed by atoms with van der Waals surface area (Å²) < 4.78 is 5.63. The molecule has 3 nitrogen and oxygen atoms in total. The molecule has 1 heterocycles. The van der Waals surface area contributed by atoms with Gasteiger partial charge in [-0.05, 0) is 25.5 Å². The van der Waals surface area contributed by atoms with E-state index in [4.69, 9.17) is 4.42 Å². The molecule has 0 unspecified atom stereocenters. The number of hydrogen-bond donors (Lipinski definition) is 0. The Morgan fingerprint density at radius 1 is 1.44 bits per heavy atom. The first kappa shape index (κ1) is 10.9. The van der Waals surface area contributed by atoms with Crippen molar-refractivity contribution in [3.63, 3.8) is 0 Å². The number of hydrogen-bond acceptors (Lipinski definition) is 3. The Hall–Kier alpha value is -1.64. The molecular weight excluding hydrogens is 202 g/mol. The lowest BCUT2D eigenvalue weighted by molar-refractivity contribution is 0.101. The van der Waals surface area contributed by atoms with Crippen molar-refractivity contribution in [3.05, 3.63) is 29.7 Å². The van der Waals surface area contributed by atoms with Gasteiger partial charge in [0.15, 0.2) is 17.3 Å². The number of benzene rings is 1. The number of nitrogens with zero attached hydrogens (tertiary/aromatic N) is 1. The molecule has 0 spiro atoms. The fraction of sp³-hybridized carbons (Fsp3) is 0.385. The molecule has 0 saturated carbocycles. The second-order valence-corrected chi connectivity index (χ2v) is 3.92. The van der Waals surface area contributed by atoms with Gasteiger partial charge >= 0.3 is 0 Å². The Balaban J connectivity index is 2.44. The summed E-state index contributed by atoms with van der Waals surface area (Å²) in [6, 6.07) is 5.49. The predicted molar refractivity (Wildman–Crippen MR) is 62.6 cm³/mol. The van der Waals surface area contributed by atoms with Gasteiger partial charge in [-0.2, -0.15) is 0 Å². The Bertz CT molecular complexity index is 514. The smallest absolute Gasteiger partial charge is 0.195 e. The molecule has 16 heavy (non-hydrogen) atoms. The van der Waals surface area contributed by atoms with Gasteiger partial charge < -0.3 is 4.42 Å². The van der Waals surface area contributed by atoms with Crippen molar-refractivity contribution in [1.82, 2.24) is 4.98 Å². The van der Waals surface area contributed by atoms with Crippen molar-refractivity contribution in [2.45, 2.75) is 33.1 Å². The molecule has 0 amide bonds. The molecule has 0 radical (unpaired) electrons. The monoisotopic (exact) mass is 217 g/mol. The lowest BCUT2D eigenvalue weighted by atomic mass is 10.1. The summed E-state index contributed by atoms with van der Waals surface area (Å²) in [7, 11) is 0. The number of aryl methyl sites for hydroxylation is 1. The zero-order valence-electron chi connectivity index (χ0n) is 9.62. The average Bonchev–Trinajstić information content (AvgIpc) is 2.68. The van der Waals surface area contributed by atoms with Crippen molar-refractivity contribution < 1.29 is 9.21 Å². The second-order valence-electron chi connectivity index (χ2n) is 3.92. The number of unbranched alkanes of at least 4 members (excludes halogenated alkanes) is 1. The summed E-state index contributed by atoms with van der Waals surface area (Å²) in [5, 5.41) is 0. The van der Waals surface area contributed by atoms with Crippen LogP contribution in [0.3, 0.4) is 0 Å². The van der Waals surface area contributed by atoms with E-state index in [2.05, 4.69) is 11.9 Å². The van der Waals surface area contributed by atoms with E-state index in [0.29, 0.717) is 11.1 Å². The van der Waals surface area contributed by atoms with Crippen molar-refractivity contribution in [2.75, 3.05) is 0 Å². The number of rotatable bonds is 4. The van der Waals surface area contributed by atoms with E-state index in [1.807, 2.05) is 12.1 Å². The highest BCUT2D eigenvalue weighted by atomic mass is 16.3. The molecule has 84 valence electrons. The Kier molecular flexibility index (Phi) is 3.04. The molecule has 0 aliphatic carbocycles. The number of carbonyl (C=O) groups is 1. The highest BCUT2D eigenvalue weighted by Crippen LogP contribution is 2.21.